The van der Waals surface area contributed by atoms with E-state index in [1.807, 2.05) is 0 Å². The number of piperidine rings is 1. The molecule has 0 bridgehead atoms. The van der Waals surface area contributed by atoms with Gasteiger partial charge in [0, 0.05) is 18.6 Å². The van der Waals surface area contributed by atoms with Crippen molar-refractivity contribution >= 4 is 0 Å². The molecule has 0 aromatic carbocycles. The van der Waals surface area contributed by atoms with Gasteiger partial charge in [-0.1, -0.05) is 20.3 Å². The summed E-state index contributed by atoms with van der Waals surface area (Å²) in [5, 5.41) is 3.63. The highest BCUT2D eigenvalue weighted by Crippen LogP contribution is 2.30. The first-order chi connectivity index (χ1) is 8.33. The lowest BCUT2D eigenvalue weighted by Crippen LogP contribution is -2.50. The molecule has 2 nitrogen and oxygen atoms in total. The van der Waals surface area contributed by atoms with E-state index in [1.54, 1.807) is 0 Å². The number of nitrogens with zero attached hydrogens (tertiary/aromatic N) is 1. The van der Waals surface area contributed by atoms with Gasteiger partial charge >= 0.3 is 0 Å². The molecule has 2 fully saturated rings. The van der Waals surface area contributed by atoms with Crippen LogP contribution in [0.1, 0.15) is 58.8 Å². The van der Waals surface area contributed by atoms with E-state index in [1.165, 1.54) is 58.0 Å². The summed E-state index contributed by atoms with van der Waals surface area (Å²) in [5.74, 6) is 1.03. The maximum Gasteiger partial charge on any atom is 0.0195 e. The van der Waals surface area contributed by atoms with Gasteiger partial charge in [-0.25, -0.2) is 0 Å². The molecular formula is C15H30N2. The standard InChI is InChI=1S/C15H30N2/c1-3-13-7-9-15(10-8-13)17-11-5-6-14(12-17)16-4-2/h13-16H,3-12H2,1-2H3. The topological polar surface area (TPSA) is 15.3 Å². The van der Waals surface area contributed by atoms with Crippen molar-refractivity contribution in [3.8, 4) is 0 Å². The zero-order chi connectivity index (χ0) is 12.1. The van der Waals surface area contributed by atoms with Crippen LogP contribution in [0, 0.1) is 5.92 Å². The van der Waals surface area contributed by atoms with Gasteiger partial charge in [0.05, 0.1) is 0 Å². The molecular weight excluding hydrogens is 208 g/mol. The molecule has 0 spiro atoms. The maximum absolute atomic E-state index is 3.63. The van der Waals surface area contributed by atoms with Crippen LogP contribution in [-0.2, 0) is 0 Å². The van der Waals surface area contributed by atoms with E-state index in [0.29, 0.717) is 0 Å². The molecule has 100 valence electrons. The third-order valence-corrected chi connectivity index (χ3v) is 4.86. The highest BCUT2D eigenvalue weighted by atomic mass is 15.2. The molecule has 2 aliphatic rings. The monoisotopic (exact) mass is 238 g/mol. The van der Waals surface area contributed by atoms with E-state index in [9.17, 15) is 0 Å². The van der Waals surface area contributed by atoms with Gasteiger partial charge in [-0.3, -0.25) is 4.90 Å². The molecule has 0 aromatic rings. The van der Waals surface area contributed by atoms with Crippen molar-refractivity contribution < 1.29 is 0 Å². The normalized spacial score (nSPS) is 36.0. The average Bonchev–Trinajstić information content (AvgIpc) is 2.40. The summed E-state index contributed by atoms with van der Waals surface area (Å²) in [6.45, 7) is 8.36. The minimum absolute atomic E-state index is 0.762. The molecule has 1 saturated heterocycles. The molecule has 1 heterocycles. The zero-order valence-corrected chi connectivity index (χ0v) is 11.8. The van der Waals surface area contributed by atoms with E-state index >= 15 is 0 Å². The molecule has 2 rings (SSSR count). The van der Waals surface area contributed by atoms with E-state index in [2.05, 4.69) is 24.1 Å². The highest BCUT2D eigenvalue weighted by molar-refractivity contribution is 4.85. The van der Waals surface area contributed by atoms with Crippen LogP contribution in [0.2, 0.25) is 0 Å². The van der Waals surface area contributed by atoms with Crippen molar-refractivity contribution in [3.63, 3.8) is 0 Å². The quantitative estimate of drug-likeness (QED) is 0.810. The average molecular weight is 238 g/mol. The summed E-state index contributed by atoms with van der Waals surface area (Å²) in [5.41, 5.74) is 0. The van der Waals surface area contributed by atoms with Crippen molar-refractivity contribution in [3.05, 3.63) is 0 Å². The Balaban J connectivity index is 1.77. The summed E-state index contributed by atoms with van der Waals surface area (Å²) in [6, 6.07) is 1.66. The van der Waals surface area contributed by atoms with Crippen molar-refractivity contribution in [1.29, 1.82) is 0 Å². The molecule has 0 radical (unpaired) electrons. The molecule has 1 aliphatic heterocycles. The van der Waals surface area contributed by atoms with Gasteiger partial charge in [0.2, 0.25) is 0 Å². The Bertz CT molecular complexity index is 207. The second kappa shape index (κ2) is 6.75. The maximum atomic E-state index is 3.63. The third kappa shape index (κ3) is 3.69. The second-order valence-electron chi connectivity index (χ2n) is 5.97. The van der Waals surface area contributed by atoms with Gasteiger partial charge in [0.1, 0.15) is 0 Å². The van der Waals surface area contributed by atoms with Crippen LogP contribution in [-0.4, -0.2) is 36.6 Å². The summed E-state index contributed by atoms with van der Waals surface area (Å²) in [7, 11) is 0. The van der Waals surface area contributed by atoms with Crippen LogP contribution in [0.5, 0.6) is 0 Å². The van der Waals surface area contributed by atoms with E-state index in [0.717, 1.165) is 24.5 Å². The number of hydrogen-bond donors (Lipinski definition) is 1. The largest absolute Gasteiger partial charge is 0.313 e. The fourth-order valence-corrected chi connectivity index (χ4v) is 3.71. The summed E-state index contributed by atoms with van der Waals surface area (Å²) < 4.78 is 0. The van der Waals surface area contributed by atoms with Crippen LogP contribution < -0.4 is 5.32 Å². The Morgan fingerprint density at radius 2 is 1.82 bits per heavy atom. The highest BCUT2D eigenvalue weighted by Gasteiger charge is 2.28. The van der Waals surface area contributed by atoms with Gasteiger partial charge in [0.25, 0.3) is 0 Å². The predicted molar refractivity (Wildman–Crippen MR) is 74.3 cm³/mol. The summed E-state index contributed by atoms with van der Waals surface area (Å²) in [4.78, 5) is 2.78. The Hall–Kier alpha value is -0.0800. The molecule has 17 heavy (non-hydrogen) atoms. The van der Waals surface area contributed by atoms with E-state index in [4.69, 9.17) is 0 Å². The van der Waals surface area contributed by atoms with Crippen LogP contribution in [0.25, 0.3) is 0 Å². The van der Waals surface area contributed by atoms with E-state index in [-0.39, 0.29) is 0 Å². The number of rotatable bonds is 4. The molecule has 2 heteroatoms. The molecule has 0 amide bonds. The minimum atomic E-state index is 0.762. The number of nitrogens with one attached hydrogen (secondary N) is 1. The lowest BCUT2D eigenvalue weighted by Gasteiger charge is -2.41. The second-order valence-corrected chi connectivity index (χ2v) is 5.97. The van der Waals surface area contributed by atoms with Crippen LogP contribution in [0.15, 0.2) is 0 Å². The van der Waals surface area contributed by atoms with Crippen molar-refractivity contribution in [2.45, 2.75) is 70.9 Å². The molecule has 1 atom stereocenters. The lowest BCUT2D eigenvalue weighted by molar-refractivity contribution is 0.0972. The Kier molecular flexibility index (Phi) is 5.30. The predicted octanol–water partition coefficient (Wildman–Crippen LogP) is 3.03. The van der Waals surface area contributed by atoms with Crippen LogP contribution >= 0.6 is 0 Å². The summed E-state index contributed by atoms with van der Waals surface area (Å²) in [6.07, 6.45) is 10.0. The molecule has 1 unspecified atom stereocenters. The van der Waals surface area contributed by atoms with Gasteiger partial charge in [0.15, 0.2) is 0 Å². The number of likely N-dealkylation sites (tertiary alicyclic amines) is 1. The van der Waals surface area contributed by atoms with Crippen molar-refractivity contribution in [2.75, 3.05) is 19.6 Å². The Morgan fingerprint density at radius 1 is 1.06 bits per heavy atom. The van der Waals surface area contributed by atoms with Gasteiger partial charge < -0.3 is 5.32 Å². The summed E-state index contributed by atoms with van der Waals surface area (Å²) >= 11 is 0. The first kappa shape index (κ1) is 13.4. The third-order valence-electron chi connectivity index (χ3n) is 4.86. The molecule has 1 saturated carbocycles. The first-order valence-corrected chi connectivity index (χ1v) is 7.80. The lowest BCUT2D eigenvalue weighted by atomic mass is 9.83. The SMILES string of the molecule is CCNC1CCCN(C2CCC(CC)CC2)C1. The van der Waals surface area contributed by atoms with Gasteiger partial charge in [-0.2, -0.15) is 0 Å². The van der Waals surface area contributed by atoms with Crippen molar-refractivity contribution in [1.82, 2.24) is 10.2 Å². The van der Waals surface area contributed by atoms with Crippen molar-refractivity contribution in [2.24, 2.45) is 5.92 Å². The Labute approximate surface area is 107 Å². The van der Waals surface area contributed by atoms with Gasteiger partial charge in [-0.15, -0.1) is 0 Å². The van der Waals surface area contributed by atoms with Crippen LogP contribution in [0.4, 0.5) is 0 Å². The molecule has 0 aromatic heterocycles. The van der Waals surface area contributed by atoms with Crippen LogP contribution in [0.3, 0.4) is 0 Å². The molecule has 1 N–H and O–H groups in total. The number of likely N-dealkylation sites (N-methyl/N-ethyl adjacent to an activating group) is 1. The first-order valence-electron chi connectivity index (χ1n) is 7.80. The number of hydrogen-bond acceptors (Lipinski definition) is 2. The van der Waals surface area contributed by atoms with E-state index < -0.39 is 0 Å². The zero-order valence-electron chi connectivity index (χ0n) is 11.8. The Morgan fingerprint density at radius 3 is 2.47 bits per heavy atom. The molecule has 1 aliphatic carbocycles. The fraction of sp³-hybridized carbons (Fsp3) is 1.00. The smallest absolute Gasteiger partial charge is 0.0195 e. The van der Waals surface area contributed by atoms with Gasteiger partial charge in [-0.05, 0) is 57.5 Å². The fourth-order valence-electron chi connectivity index (χ4n) is 3.71. The minimum Gasteiger partial charge on any atom is -0.313 e.